The lowest BCUT2D eigenvalue weighted by Gasteiger charge is -2.04. The van der Waals surface area contributed by atoms with E-state index in [4.69, 9.17) is 10.5 Å². The van der Waals surface area contributed by atoms with E-state index in [2.05, 4.69) is 25.5 Å². The number of nitrogens with two attached hydrogens (primary N) is 1. The molecule has 9 heteroatoms. The van der Waals surface area contributed by atoms with E-state index in [1.54, 1.807) is 17.8 Å². The third kappa shape index (κ3) is 3.14. The molecule has 2 N–H and O–H groups in total. The number of rotatable bonds is 5. The van der Waals surface area contributed by atoms with Gasteiger partial charge in [0.25, 0.3) is 0 Å². The maximum Gasteiger partial charge on any atom is 0.215 e. The van der Waals surface area contributed by atoms with E-state index < -0.39 is 0 Å². The molecule has 0 amide bonds. The van der Waals surface area contributed by atoms with Gasteiger partial charge in [-0.25, -0.2) is 14.6 Å². The number of hydrogen-bond donors (Lipinski definition) is 1. The fraction of sp³-hybridized carbons (Fsp3) is 0.444. The molecule has 0 aliphatic carbocycles. The smallest absolute Gasteiger partial charge is 0.215 e. The van der Waals surface area contributed by atoms with E-state index in [0.29, 0.717) is 35.0 Å². The molecule has 2 aromatic heterocycles. The summed E-state index contributed by atoms with van der Waals surface area (Å²) >= 11 is 1.32. The van der Waals surface area contributed by atoms with E-state index in [1.807, 2.05) is 6.92 Å². The Kier molecular flexibility index (Phi) is 4.05. The van der Waals surface area contributed by atoms with Gasteiger partial charge in [0.1, 0.15) is 17.5 Å². The van der Waals surface area contributed by atoms with Gasteiger partial charge in [0.05, 0.1) is 0 Å². The van der Waals surface area contributed by atoms with Crippen LogP contribution in [0.2, 0.25) is 0 Å². The molecule has 2 rings (SSSR count). The predicted molar refractivity (Wildman–Crippen MR) is 64.7 cm³/mol. The molecular weight excluding hydrogens is 254 g/mol. The highest BCUT2D eigenvalue weighted by molar-refractivity contribution is 7.99. The normalized spacial score (nSPS) is 10.8. The van der Waals surface area contributed by atoms with Crippen molar-refractivity contribution in [1.82, 2.24) is 30.2 Å². The minimum atomic E-state index is 0.339. The lowest BCUT2D eigenvalue weighted by molar-refractivity contribution is 0.128. The van der Waals surface area contributed by atoms with Crippen LogP contribution in [0.4, 0.5) is 5.82 Å². The fourth-order valence-corrected chi connectivity index (χ4v) is 1.97. The molecule has 0 spiro atoms. The molecule has 2 heterocycles. The number of aromatic nitrogens is 6. The van der Waals surface area contributed by atoms with E-state index in [-0.39, 0.29) is 0 Å². The first-order valence-corrected chi connectivity index (χ1v) is 6.12. The van der Waals surface area contributed by atoms with Crippen LogP contribution in [-0.2, 0) is 18.4 Å². The van der Waals surface area contributed by atoms with Gasteiger partial charge < -0.3 is 10.5 Å². The number of nitrogen functional groups attached to an aromatic ring is 1. The van der Waals surface area contributed by atoms with Crippen molar-refractivity contribution in [2.75, 3.05) is 12.3 Å². The Balaban J connectivity index is 2.17. The SMILES string of the molecule is CCOCc1nc(N)cc(Sc2nnnn2C)n1. The van der Waals surface area contributed by atoms with E-state index in [9.17, 15) is 0 Å². The molecule has 0 saturated carbocycles. The molecule has 0 aliphatic heterocycles. The first-order valence-electron chi connectivity index (χ1n) is 5.30. The quantitative estimate of drug-likeness (QED) is 0.770. The Morgan fingerprint density at radius 1 is 1.44 bits per heavy atom. The topological polar surface area (TPSA) is 105 Å². The van der Waals surface area contributed by atoms with Crippen molar-refractivity contribution in [3.05, 3.63) is 11.9 Å². The number of aryl methyl sites for hydroxylation is 1. The number of nitrogens with zero attached hydrogens (tertiary/aromatic N) is 6. The van der Waals surface area contributed by atoms with Crippen molar-refractivity contribution in [3.8, 4) is 0 Å². The third-order valence-corrected chi connectivity index (χ3v) is 2.93. The molecule has 0 bridgehead atoms. The van der Waals surface area contributed by atoms with Crippen LogP contribution in [0.3, 0.4) is 0 Å². The van der Waals surface area contributed by atoms with Gasteiger partial charge in [-0.05, 0) is 29.1 Å². The zero-order valence-electron chi connectivity index (χ0n) is 10.1. The largest absolute Gasteiger partial charge is 0.384 e. The summed E-state index contributed by atoms with van der Waals surface area (Å²) in [6, 6.07) is 1.68. The Morgan fingerprint density at radius 3 is 2.94 bits per heavy atom. The summed E-state index contributed by atoms with van der Waals surface area (Å²) in [6.07, 6.45) is 0. The number of ether oxygens (including phenoxy) is 1. The van der Waals surface area contributed by atoms with Crippen LogP contribution in [0.1, 0.15) is 12.7 Å². The molecule has 0 unspecified atom stereocenters. The van der Waals surface area contributed by atoms with E-state index in [0.717, 1.165) is 0 Å². The van der Waals surface area contributed by atoms with Crippen molar-refractivity contribution < 1.29 is 4.74 Å². The summed E-state index contributed by atoms with van der Waals surface area (Å²) in [5.74, 6) is 0.951. The summed E-state index contributed by atoms with van der Waals surface area (Å²) in [5.41, 5.74) is 5.72. The van der Waals surface area contributed by atoms with Crippen LogP contribution in [0, 0.1) is 0 Å². The third-order valence-electron chi connectivity index (χ3n) is 1.98. The van der Waals surface area contributed by atoms with Crippen molar-refractivity contribution in [2.45, 2.75) is 23.7 Å². The lowest BCUT2D eigenvalue weighted by atomic mass is 10.5. The molecule has 8 nitrogen and oxygen atoms in total. The molecule has 2 aromatic rings. The molecule has 0 radical (unpaired) electrons. The van der Waals surface area contributed by atoms with Crippen LogP contribution < -0.4 is 5.73 Å². The minimum absolute atomic E-state index is 0.339. The van der Waals surface area contributed by atoms with Crippen molar-refractivity contribution in [1.29, 1.82) is 0 Å². The van der Waals surface area contributed by atoms with E-state index >= 15 is 0 Å². The van der Waals surface area contributed by atoms with Gasteiger partial charge in [-0.15, -0.1) is 5.10 Å². The van der Waals surface area contributed by atoms with Crippen molar-refractivity contribution in [2.24, 2.45) is 7.05 Å². The summed E-state index contributed by atoms with van der Waals surface area (Å²) < 4.78 is 6.81. The summed E-state index contributed by atoms with van der Waals surface area (Å²) in [7, 11) is 1.76. The first-order chi connectivity index (χ1) is 8.69. The maximum absolute atomic E-state index is 5.72. The summed E-state index contributed by atoms with van der Waals surface area (Å²) in [5, 5.41) is 12.5. The maximum atomic E-state index is 5.72. The van der Waals surface area contributed by atoms with Crippen molar-refractivity contribution in [3.63, 3.8) is 0 Å². The van der Waals surface area contributed by atoms with Crippen LogP contribution in [0.25, 0.3) is 0 Å². The highest BCUT2D eigenvalue weighted by Gasteiger charge is 2.09. The van der Waals surface area contributed by atoms with Gasteiger partial charge in [-0.1, -0.05) is 0 Å². The van der Waals surface area contributed by atoms with Crippen LogP contribution >= 0.6 is 11.8 Å². The zero-order valence-corrected chi connectivity index (χ0v) is 10.9. The van der Waals surface area contributed by atoms with Gasteiger partial charge in [-0.2, -0.15) is 0 Å². The molecule has 0 aromatic carbocycles. The first kappa shape index (κ1) is 12.7. The summed E-state index contributed by atoms with van der Waals surface area (Å²) in [6.45, 7) is 2.85. The van der Waals surface area contributed by atoms with Crippen molar-refractivity contribution >= 4 is 17.6 Å². The predicted octanol–water partition coefficient (Wildman–Crippen LogP) is 0.270. The Morgan fingerprint density at radius 2 is 2.28 bits per heavy atom. The van der Waals surface area contributed by atoms with Crippen LogP contribution in [0.5, 0.6) is 0 Å². The standard InChI is InChI=1S/C9H13N7OS/c1-3-17-5-7-11-6(10)4-8(12-7)18-9-13-14-15-16(9)2/h4H,3,5H2,1-2H3,(H2,10,11,12). The average molecular weight is 267 g/mol. The highest BCUT2D eigenvalue weighted by Crippen LogP contribution is 2.23. The monoisotopic (exact) mass is 267 g/mol. The lowest BCUT2D eigenvalue weighted by Crippen LogP contribution is -2.03. The Hall–Kier alpha value is -1.74. The second-order valence-electron chi connectivity index (χ2n) is 3.37. The minimum Gasteiger partial charge on any atom is -0.384 e. The van der Waals surface area contributed by atoms with Gasteiger partial charge in [0.2, 0.25) is 5.16 Å². The molecule has 18 heavy (non-hydrogen) atoms. The number of hydrogen-bond acceptors (Lipinski definition) is 8. The molecule has 0 aliphatic rings. The second kappa shape index (κ2) is 5.74. The zero-order chi connectivity index (χ0) is 13.0. The highest BCUT2D eigenvalue weighted by atomic mass is 32.2. The Bertz CT molecular complexity index is 529. The number of anilines is 1. The van der Waals surface area contributed by atoms with Gasteiger partial charge in [-0.3, -0.25) is 0 Å². The van der Waals surface area contributed by atoms with Gasteiger partial charge in [0, 0.05) is 19.7 Å². The fourth-order valence-electron chi connectivity index (χ4n) is 1.20. The molecular formula is C9H13N7OS. The Labute approximate surface area is 108 Å². The molecule has 0 fully saturated rings. The molecule has 96 valence electrons. The number of tetrazole rings is 1. The summed E-state index contributed by atoms with van der Waals surface area (Å²) in [4.78, 5) is 8.42. The average Bonchev–Trinajstić information content (AvgIpc) is 2.72. The van der Waals surface area contributed by atoms with E-state index in [1.165, 1.54) is 11.8 Å². The second-order valence-corrected chi connectivity index (χ2v) is 4.36. The van der Waals surface area contributed by atoms with Gasteiger partial charge in [0.15, 0.2) is 5.82 Å². The van der Waals surface area contributed by atoms with Gasteiger partial charge >= 0.3 is 0 Å². The van der Waals surface area contributed by atoms with Crippen LogP contribution in [-0.4, -0.2) is 36.8 Å². The molecule has 0 saturated heterocycles. The molecule has 0 atom stereocenters. The van der Waals surface area contributed by atoms with Crippen LogP contribution in [0.15, 0.2) is 16.2 Å².